The molecule has 79 valence electrons. The van der Waals surface area contributed by atoms with Crippen molar-refractivity contribution in [2.24, 2.45) is 0 Å². The maximum atomic E-state index is 5.74. The molecular weight excluding hydrogens is 184 g/mol. The lowest BCUT2D eigenvalue weighted by Crippen LogP contribution is -1.98. The zero-order valence-corrected chi connectivity index (χ0v) is 9.25. The van der Waals surface area contributed by atoms with E-state index >= 15 is 0 Å². The molecule has 1 nitrogen and oxygen atoms in total. The summed E-state index contributed by atoms with van der Waals surface area (Å²) in [5.41, 5.74) is 2.41. The topological polar surface area (TPSA) is 9.23 Å². The standard InChI is InChI=1S/C14H17O/c1-3-9-15-14-8-5-11(4-2)10-13(14)12-6-7-12/h5,8,10,12H,2-3,6-7,9H2,1H3. The Kier molecular flexibility index (Phi) is 3.10. The third-order valence-electron chi connectivity index (χ3n) is 2.69. The Hall–Kier alpha value is -1.24. The van der Waals surface area contributed by atoms with Crippen LogP contribution in [0.15, 0.2) is 24.8 Å². The number of hydrogen-bond donors (Lipinski definition) is 0. The largest absolute Gasteiger partial charge is 0.493 e. The van der Waals surface area contributed by atoms with E-state index in [0.717, 1.165) is 24.3 Å². The Balaban J connectivity index is 2.23. The summed E-state index contributed by atoms with van der Waals surface area (Å²) in [7, 11) is 0. The van der Waals surface area contributed by atoms with E-state index < -0.39 is 0 Å². The summed E-state index contributed by atoms with van der Waals surface area (Å²) in [4.78, 5) is 0. The predicted octanol–water partition coefficient (Wildman–Crippen LogP) is 3.69. The average Bonchev–Trinajstić information content (AvgIpc) is 3.10. The van der Waals surface area contributed by atoms with Crippen LogP contribution >= 0.6 is 0 Å². The molecule has 15 heavy (non-hydrogen) atoms. The smallest absolute Gasteiger partial charge is 0.122 e. The molecule has 0 N–H and O–H groups in total. The third-order valence-corrected chi connectivity index (χ3v) is 2.69. The van der Waals surface area contributed by atoms with Crippen molar-refractivity contribution in [1.82, 2.24) is 0 Å². The van der Waals surface area contributed by atoms with Crippen LogP contribution in [0.2, 0.25) is 0 Å². The van der Waals surface area contributed by atoms with Crippen LogP contribution < -0.4 is 4.74 Å². The third kappa shape index (κ3) is 2.41. The second-order valence-corrected chi connectivity index (χ2v) is 4.05. The molecule has 1 aromatic carbocycles. The second kappa shape index (κ2) is 4.52. The highest BCUT2D eigenvalue weighted by Gasteiger charge is 2.26. The maximum absolute atomic E-state index is 5.74. The molecule has 1 radical (unpaired) electrons. The molecule has 0 bridgehead atoms. The molecule has 2 rings (SSSR count). The monoisotopic (exact) mass is 201 g/mol. The molecule has 1 heteroatoms. The normalized spacial score (nSPS) is 15.0. The van der Waals surface area contributed by atoms with Crippen molar-refractivity contribution in [3.05, 3.63) is 42.0 Å². The summed E-state index contributed by atoms with van der Waals surface area (Å²) in [6.45, 7) is 6.61. The van der Waals surface area contributed by atoms with Gasteiger partial charge in [-0.1, -0.05) is 19.6 Å². The van der Waals surface area contributed by atoms with Crippen LogP contribution in [0.4, 0.5) is 0 Å². The molecule has 0 heterocycles. The van der Waals surface area contributed by atoms with Crippen LogP contribution in [0.3, 0.4) is 0 Å². The molecule has 0 aromatic heterocycles. The summed E-state index contributed by atoms with van der Waals surface area (Å²) in [6.07, 6.45) is 6.57. The summed E-state index contributed by atoms with van der Waals surface area (Å²) >= 11 is 0. The lowest BCUT2D eigenvalue weighted by atomic mass is 10.1. The first-order valence-corrected chi connectivity index (χ1v) is 5.65. The molecule has 0 saturated heterocycles. The van der Waals surface area contributed by atoms with Crippen LogP contribution in [-0.4, -0.2) is 6.61 Å². The summed E-state index contributed by atoms with van der Waals surface area (Å²) in [6, 6.07) is 6.23. The summed E-state index contributed by atoms with van der Waals surface area (Å²) in [5, 5.41) is 0. The van der Waals surface area contributed by atoms with Crippen LogP contribution in [0.5, 0.6) is 5.75 Å². The van der Waals surface area contributed by atoms with Gasteiger partial charge in [0, 0.05) is 0 Å². The first kappa shape index (κ1) is 10.3. The van der Waals surface area contributed by atoms with E-state index in [1.807, 2.05) is 6.07 Å². The van der Waals surface area contributed by atoms with Gasteiger partial charge in [-0.3, -0.25) is 0 Å². The summed E-state index contributed by atoms with van der Waals surface area (Å²) in [5.74, 6) is 1.77. The van der Waals surface area contributed by atoms with Gasteiger partial charge in [0.25, 0.3) is 0 Å². The molecule has 0 unspecified atom stereocenters. The first-order chi connectivity index (χ1) is 7.35. The molecule has 1 aliphatic rings. The molecule has 0 amide bonds. The molecular formula is C14H17O. The van der Waals surface area contributed by atoms with Crippen molar-refractivity contribution >= 4 is 0 Å². The van der Waals surface area contributed by atoms with E-state index in [9.17, 15) is 0 Å². The van der Waals surface area contributed by atoms with Gasteiger partial charge in [0.05, 0.1) is 6.61 Å². The van der Waals surface area contributed by atoms with E-state index in [2.05, 4.69) is 31.7 Å². The molecule has 0 aliphatic heterocycles. The first-order valence-electron chi connectivity index (χ1n) is 5.65. The SMILES string of the molecule is C=[C]c1ccc(OCCC)c(C2CC2)c1. The quantitative estimate of drug-likeness (QED) is 0.706. The Morgan fingerprint density at radius 3 is 2.87 bits per heavy atom. The molecule has 1 saturated carbocycles. The van der Waals surface area contributed by atoms with Crippen molar-refractivity contribution in [2.45, 2.75) is 32.1 Å². The highest BCUT2D eigenvalue weighted by Crippen LogP contribution is 2.44. The van der Waals surface area contributed by atoms with E-state index in [0.29, 0.717) is 5.92 Å². The minimum Gasteiger partial charge on any atom is -0.493 e. The Labute approximate surface area is 91.8 Å². The number of ether oxygens (including phenoxy) is 1. The van der Waals surface area contributed by atoms with Gasteiger partial charge in [0.1, 0.15) is 5.75 Å². The van der Waals surface area contributed by atoms with Gasteiger partial charge in [-0.05, 0) is 54.5 Å². The number of rotatable bonds is 5. The van der Waals surface area contributed by atoms with E-state index in [1.165, 1.54) is 18.4 Å². The van der Waals surface area contributed by atoms with Gasteiger partial charge in [0.2, 0.25) is 0 Å². The fourth-order valence-corrected chi connectivity index (χ4v) is 1.72. The van der Waals surface area contributed by atoms with E-state index in [4.69, 9.17) is 4.74 Å². The van der Waals surface area contributed by atoms with Crippen molar-refractivity contribution < 1.29 is 4.74 Å². The van der Waals surface area contributed by atoms with Crippen molar-refractivity contribution in [2.75, 3.05) is 6.61 Å². The lowest BCUT2D eigenvalue weighted by molar-refractivity contribution is 0.314. The van der Waals surface area contributed by atoms with E-state index in [-0.39, 0.29) is 0 Å². The molecule has 1 aromatic rings. The van der Waals surface area contributed by atoms with Gasteiger partial charge >= 0.3 is 0 Å². The average molecular weight is 201 g/mol. The second-order valence-electron chi connectivity index (χ2n) is 4.05. The number of benzene rings is 1. The minimum atomic E-state index is 0.713. The van der Waals surface area contributed by atoms with Crippen LogP contribution in [0, 0.1) is 6.08 Å². The highest BCUT2D eigenvalue weighted by molar-refractivity contribution is 5.43. The molecule has 0 spiro atoms. The molecule has 0 atom stereocenters. The van der Waals surface area contributed by atoms with Gasteiger partial charge in [-0.25, -0.2) is 0 Å². The molecule has 1 fully saturated rings. The zero-order chi connectivity index (χ0) is 10.7. The van der Waals surface area contributed by atoms with Crippen LogP contribution in [0.1, 0.15) is 43.2 Å². The Morgan fingerprint density at radius 2 is 2.27 bits per heavy atom. The summed E-state index contributed by atoms with van der Waals surface area (Å²) < 4.78 is 5.74. The molecule has 1 aliphatic carbocycles. The fourth-order valence-electron chi connectivity index (χ4n) is 1.72. The Bertz CT molecular complexity index is 350. The zero-order valence-electron chi connectivity index (χ0n) is 9.25. The van der Waals surface area contributed by atoms with Gasteiger partial charge in [-0.15, -0.1) is 0 Å². The van der Waals surface area contributed by atoms with Crippen molar-refractivity contribution in [3.8, 4) is 5.75 Å². The number of hydrogen-bond acceptors (Lipinski definition) is 1. The van der Waals surface area contributed by atoms with E-state index in [1.54, 1.807) is 0 Å². The van der Waals surface area contributed by atoms with Crippen LogP contribution in [-0.2, 0) is 0 Å². The lowest BCUT2D eigenvalue weighted by Gasteiger charge is -2.10. The maximum Gasteiger partial charge on any atom is 0.122 e. The van der Waals surface area contributed by atoms with Crippen molar-refractivity contribution in [3.63, 3.8) is 0 Å². The Morgan fingerprint density at radius 1 is 1.47 bits per heavy atom. The van der Waals surface area contributed by atoms with Crippen LogP contribution in [0.25, 0.3) is 0 Å². The van der Waals surface area contributed by atoms with Gasteiger partial charge in [-0.2, -0.15) is 0 Å². The minimum absolute atomic E-state index is 0.713. The van der Waals surface area contributed by atoms with Crippen molar-refractivity contribution in [1.29, 1.82) is 0 Å². The highest BCUT2D eigenvalue weighted by atomic mass is 16.5. The fraction of sp³-hybridized carbons (Fsp3) is 0.429. The van der Waals surface area contributed by atoms with Gasteiger partial charge in [0.15, 0.2) is 0 Å². The van der Waals surface area contributed by atoms with Gasteiger partial charge < -0.3 is 4.74 Å². The predicted molar refractivity (Wildman–Crippen MR) is 62.2 cm³/mol.